The van der Waals surface area contributed by atoms with Crippen LogP contribution in [0.3, 0.4) is 0 Å². The fourth-order valence-corrected chi connectivity index (χ4v) is 5.79. The van der Waals surface area contributed by atoms with Gasteiger partial charge >= 0.3 is 0 Å². The lowest BCUT2D eigenvalue weighted by molar-refractivity contribution is 0.0376. The van der Waals surface area contributed by atoms with Crippen LogP contribution in [0.2, 0.25) is 0 Å². The summed E-state index contributed by atoms with van der Waals surface area (Å²) in [7, 11) is -3.41. The highest BCUT2D eigenvalue weighted by Gasteiger charge is 2.23. The van der Waals surface area contributed by atoms with Crippen molar-refractivity contribution in [2.24, 2.45) is 0 Å². The molecule has 3 aromatic rings. The molecule has 0 radical (unpaired) electrons. The van der Waals surface area contributed by atoms with E-state index in [4.69, 9.17) is 4.74 Å². The van der Waals surface area contributed by atoms with Crippen LogP contribution in [0, 0.1) is 0 Å². The number of amides is 1. The minimum absolute atomic E-state index is 0.129. The summed E-state index contributed by atoms with van der Waals surface area (Å²) >= 11 is 4.93. The molecule has 1 saturated heterocycles. The molecule has 1 aliphatic rings. The molecule has 1 aromatic heterocycles. The third-order valence-electron chi connectivity index (χ3n) is 5.28. The Bertz CT molecular complexity index is 1220. The molecule has 1 amide bonds. The summed E-state index contributed by atoms with van der Waals surface area (Å²) in [5.41, 5.74) is 1.16. The zero-order valence-corrected chi connectivity index (χ0v) is 20.9. The lowest BCUT2D eigenvalue weighted by Crippen LogP contribution is -2.39. The maximum Gasteiger partial charge on any atom is 0.260 e. The number of anilines is 1. The number of rotatable bonds is 7. The molecule has 0 N–H and O–H groups in total. The first-order chi connectivity index (χ1) is 15.3. The quantitative estimate of drug-likeness (QED) is 0.455. The zero-order valence-electron chi connectivity index (χ0n) is 17.7. The number of carbonyl (C=O) groups excluding carboxylic acids is 1. The van der Waals surface area contributed by atoms with Gasteiger partial charge in [-0.05, 0) is 42.8 Å². The lowest BCUT2D eigenvalue weighted by Gasteiger charge is -2.27. The van der Waals surface area contributed by atoms with Crippen molar-refractivity contribution < 1.29 is 17.9 Å². The molecule has 0 atom stereocenters. The van der Waals surface area contributed by atoms with Crippen molar-refractivity contribution in [2.75, 3.05) is 50.5 Å². The second kappa shape index (κ2) is 9.96. The number of hydrogen-bond acceptors (Lipinski definition) is 7. The third-order valence-corrected chi connectivity index (χ3v) is 7.93. The summed E-state index contributed by atoms with van der Waals surface area (Å²) in [5.74, 6) is -0.254. The number of benzene rings is 2. The summed E-state index contributed by atoms with van der Waals surface area (Å²) in [6, 6.07) is 12.0. The van der Waals surface area contributed by atoms with Gasteiger partial charge in [-0.3, -0.25) is 14.6 Å². The maximum absolute atomic E-state index is 13.5. The maximum atomic E-state index is 13.5. The molecule has 10 heteroatoms. The van der Waals surface area contributed by atoms with Crippen molar-refractivity contribution in [2.45, 2.75) is 11.3 Å². The number of nitrogens with zero attached hydrogens (tertiary/aromatic N) is 3. The Morgan fingerprint density at radius 2 is 2.00 bits per heavy atom. The second-order valence-corrected chi connectivity index (χ2v) is 11.6. The molecule has 1 aliphatic heterocycles. The van der Waals surface area contributed by atoms with Gasteiger partial charge < -0.3 is 4.74 Å². The van der Waals surface area contributed by atoms with Gasteiger partial charge in [-0.1, -0.05) is 33.3 Å². The number of ether oxygens (including phenoxy) is 1. The van der Waals surface area contributed by atoms with Crippen molar-refractivity contribution in [3.8, 4) is 0 Å². The van der Waals surface area contributed by atoms with E-state index in [1.807, 2.05) is 18.2 Å². The van der Waals surface area contributed by atoms with Gasteiger partial charge in [0, 0.05) is 42.5 Å². The number of thiazole rings is 1. The predicted molar refractivity (Wildman–Crippen MR) is 130 cm³/mol. The smallest absolute Gasteiger partial charge is 0.260 e. The average molecular weight is 538 g/mol. The first-order valence-corrected chi connectivity index (χ1v) is 13.8. The van der Waals surface area contributed by atoms with E-state index in [9.17, 15) is 13.2 Å². The van der Waals surface area contributed by atoms with Crippen LogP contribution < -0.4 is 4.90 Å². The fraction of sp³-hybridized carbons (Fsp3) is 0.364. The Kier molecular flexibility index (Phi) is 7.26. The number of hydrogen-bond donors (Lipinski definition) is 0. The molecule has 0 unspecified atom stereocenters. The van der Waals surface area contributed by atoms with Crippen LogP contribution >= 0.6 is 27.3 Å². The molecule has 0 spiro atoms. The van der Waals surface area contributed by atoms with Gasteiger partial charge in [0.25, 0.3) is 5.91 Å². The van der Waals surface area contributed by atoms with Crippen LogP contribution in [0.25, 0.3) is 10.2 Å². The van der Waals surface area contributed by atoms with E-state index in [-0.39, 0.29) is 10.8 Å². The van der Waals surface area contributed by atoms with Crippen LogP contribution in [0.4, 0.5) is 5.13 Å². The van der Waals surface area contributed by atoms with Gasteiger partial charge in [-0.2, -0.15) is 0 Å². The number of carbonyl (C=O) groups is 1. The second-order valence-electron chi connectivity index (χ2n) is 7.67. The summed E-state index contributed by atoms with van der Waals surface area (Å²) in [6.45, 7) is 4.58. The SMILES string of the molecule is CS(=O)(=O)c1cccc(C(=O)N(CCCN2CCOCC2)c2nc3ccc(Br)cc3s2)c1. The van der Waals surface area contributed by atoms with Crippen LogP contribution in [-0.2, 0) is 14.6 Å². The summed E-state index contributed by atoms with van der Waals surface area (Å²) in [4.78, 5) is 22.3. The number of sulfone groups is 1. The number of aromatic nitrogens is 1. The van der Waals surface area contributed by atoms with Gasteiger partial charge in [0.15, 0.2) is 15.0 Å². The molecule has 0 saturated carbocycles. The van der Waals surface area contributed by atoms with Crippen molar-refractivity contribution in [1.82, 2.24) is 9.88 Å². The Labute approximate surface area is 200 Å². The van der Waals surface area contributed by atoms with Gasteiger partial charge in [0.1, 0.15) is 0 Å². The molecular formula is C22H24BrN3O4S2. The summed E-state index contributed by atoms with van der Waals surface area (Å²) < 4.78 is 31.3. The largest absolute Gasteiger partial charge is 0.379 e. The number of morpholine rings is 1. The van der Waals surface area contributed by atoms with Gasteiger partial charge in [0.2, 0.25) is 0 Å². The third kappa shape index (κ3) is 5.55. The highest BCUT2D eigenvalue weighted by Crippen LogP contribution is 2.32. The number of halogens is 1. The van der Waals surface area contributed by atoms with Crippen LogP contribution in [0.15, 0.2) is 51.8 Å². The van der Waals surface area contributed by atoms with Gasteiger partial charge in [-0.15, -0.1) is 0 Å². The fourth-order valence-electron chi connectivity index (χ4n) is 3.58. The highest BCUT2D eigenvalue weighted by atomic mass is 79.9. The molecule has 170 valence electrons. The van der Waals surface area contributed by atoms with E-state index in [1.54, 1.807) is 17.0 Å². The van der Waals surface area contributed by atoms with Crippen molar-refractivity contribution in [1.29, 1.82) is 0 Å². The highest BCUT2D eigenvalue weighted by molar-refractivity contribution is 9.10. The van der Waals surface area contributed by atoms with Crippen molar-refractivity contribution >= 4 is 58.4 Å². The van der Waals surface area contributed by atoms with E-state index in [0.717, 1.165) is 60.2 Å². The molecule has 2 aromatic carbocycles. The molecule has 0 aliphatic carbocycles. The Morgan fingerprint density at radius 1 is 1.22 bits per heavy atom. The van der Waals surface area contributed by atoms with Crippen molar-refractivity contribution in [3.63, 3.8) is 0 Å². The standard InChI is InChI=1S/C22H24BrN3O4S2/c1-32(28,29)18-5-2-4-16(14-18)21(27)26(9-3-8-25-10-12-30-13-11-25)22-24-19-7-6-17(23)15-20(19)31-22/h2,4-7,14-15H,3,8-13H2,1H3. The molecule has 4 rings (SSSR count). The minimum Gasteiger partial charge on any atom is -0.379 e. The van der Waals surface area contributed by atoms with Crippen LogP contribution in [-0.4, -0.2) is 69.9 Å². The monoisotopic (exact) mass is 537 g/mol. The first kappa shape index (κ1) is 23.3. The molecule has 1 fully saturated rings. The van der Waals surface area contributed by atoms with Gasteiger partial charge in [0.05, 0.1) is 28.3 Å². The predicted octanol–water partition coefficient (Wildman–Crippen LogP) is 3.83. The van der Waals surface area contributed by atoms with E-state index >= 15 is 0 Å². The van der Waals surface area contributed by atoms with E-state index in [2.05, 4.69) is 25.8 Å². The van der Waals surface area contributed by atoms with Gasteiger partial charge in [-0.25, -0.2) is 13.4 Å². The van der Waals surface area contributed by atoms with E-state index < -0.39 is 9.84 Å². The number of fused-ring (bicyclic) bond motifs is 1. The topological polar surface area (TPSA) is 79.8 Å². The van der Waals surface area contributed by atoms with Crippen molar-refractivity contribution in [3.05, 3.63) is 52.5 Å². The normalized spacial score (nSPS) is 15.2. The van der Waals surface area contributed by atoms with Crippen LogP contribution in [0.5, 0.6) is 0 Å². The molecular weight excluding hydrogens is 514 g/mol. The van der Waals surface area contributed by atoms with Crippen LogP contribution in [0.1, 0.15) is 16.8 Å². The summed E-state index contributed by atoms with van der Waals surface area (Å²) in [5, 5.41) is 0.606. The summed E-state index contributed by atoms with van der Waals surface area (Å²) in [6.07, 6.45) is 1.92. The first-order valence-electron chi connectivity index (χ1n) is 10.3. The minimum atomic E-state index is -3.41. The Hall–Kier alpha value is -1.85. The molecule has 2 heterocycles. The molecule has 7 nitrogen and oxygen atoms in total. The molecule has 0 bridgehead atoms. The Morgan fingerprint density at radius 3 is 2.75 bits per heavy atom. The lowest BCUT2D eigenvalue weighted by atomic mass is 10.2. The average Bonchev–Trinajstić information content (AvgIpc) is 3.19. The Balaban J connectivity index is 1.62. The van der Waals surface area contributed by atoms with E-state index in [0.29, 0.717) is 17.2 Å². The zero-order chi connectivity index (χ0) is 22.7. The van der Waals surface area contributed by atoms with E-state index in [1.165, 1.54) is 23.5 Å². The molecule has 32 heavy (non-hydrogen) atoms.